The summed E-state index contributed by atoms with van der Waals surface area (Å²) in [6.45, 7) is 1.57. The summed E-state index contributed by atoms with van der Waals surface area (Å²) in [6.07, 6.45) is 0.875. The Balaban J connectivity index is 0.00000512. The Hall–Kier alpha value is -2.69. The van der Waals surface area contributed by atoms with Gasteiger partial charge in [-0.05, 0) is 41.8 Å². The quantitative estimate of drug-likeness (QED) is 0.192. The first-order valence-corrected chi connectivity index (χ1v) is 10.2. The Labute approximate surface area is 205 Å². The van der Waals surface area contributed by atoms with Crippen molar-refractivity contribution < 1.29 is 14.0 Å². The highest BCUT2D eigenvalue weighted by molar-refractivity contribution is 14.0. The number of hydrogen-bond acceptors (Lipinski definition) is 3. The Bertz CT molecular complexity index is 921. The van der Waals surface area contributed by atoms with E-state index in [0.717, 1.165) is 12.0 Å². The van der Waals surface area contributed by atoms with Gasteiger partial charge < -0.3 is 20.9 Å². The predicted octanol–water partition coefficient (Wildman–Crippen LogP) is 2.21. The van der Waals surface area contributed by atoms with Crippen molar-refractivity contribution in [3.8, 4) is 0 Å². The maximum Gasteiger partial charge on any atom is 0.253 e. The molecule has 0 heterocycles. The van der Waals surface area contributed by atoms with Crippen molar-refractivity contribution in [3.05, 3.63) is 71.0 Å². The van der Waals surface area contributed by atoms with Crippen molar-refractivity contribution >= 4 is 41.8 Å². The highest BCUT2D eigenvalue weighted by atomic mass is 127. The predicted molar refractivity (Wildman–Crippen MR) is 136 cm³/mol. The van der Waals surface area contributed by atoms with Gasteiger partial charge >= 0.3 is 0 Å². The zero-order chi connectivity index (χ0) is 22.6. The lowest BCUT2D eigenvalue weighted by atomic mass is 10.1. The van der Waals surface area contributed by atoms with E-state index in [-0.39, 0.29) is 48.0 Å². The average Bonchev–Trinajstić information content (AvgIpc) is 2.75. The first-order valence-electron chi connectivity index (χ1n) is 10.2. The minimum atomic E-state index is -0.349. The first-order chi connectivity index (χ1) is 14.9. The van der Waals surface area contributed by atoms with E-state index in [1.54, 1.807) is 38.2 Å². The molecule has 0 aliphatic heterocycles. The largest absolute Gasteiger partial charge is 0.356 e. The molecule has 0 atom stereocenters. The van der Waals surface area contributed by atoms with Crippen LogP contribution in [0, 0.1) is 5.82 Å². The van der Waals surface area contributed by atoms with Crippen LogP contribution in [-0.2, 0) is 17.6 Å². The number of guanidine groups is 1. The average molecular weight is 555 g/mol. The summed E-state index contributed by atoms with van der Waals surface area (Å²) in [5.41, 5.74) is 2.36. The summed E-state index contributed by atoms with van der Waals surface area (Å²) in [5.74, 6) is 0.0898. The van der Waals surface area contributed by atoms with Gasteiger partial charge in [0.1, 0.15) is 5.82 Å². The van der Waals surface area contributed by atoms with Crippen molar-refractivity contribution in [1.29, 1.82) is 0 Å². The van der Waals surface area contributed by atoms with E-state index in [0.29, 0.717) is 36.7 Å². The molecule has 174 valence electrons. The second kappa shape index (κ2) is 14.4. The minimum absolute atomic E-state index is 0. The molecule has 32 heavy (non-hydrogen) atoms. The van der Waals surface area contributed by atoms with Crippen LogP contribution >= 0.6 is 24.0 Å². The van der Waals surface area contributed by atoms with E-state index in [2.05, 4.69) is 20.9 Å². The number of nitrogens with one attached hydrogen (secondary N) is 3. The van der Waals surface area contributed by atoms with Crippen LogP contribution in [0.15, 0.2) is 53.5 Å². The number of hydrogen-bond donors (Lipinski definition) is 3. The van der Waals surface area contributed by atoms with Crippen LogP contribution in [0.1, 0.15) is 21.5 Å². The second-order valence-electron chi connectivity index (χ2n) is 7.23. The van der Waals surface area contributed by atoms with E-state index in [1.807, 2.05) is 24.3 Å². The number of amides is 2. The van der Waals surface area contributed by atoms with Gasteiger partial charge in [0.25, 0.3) is 5.91 Å². The lowest BCUT2D eigenvalue weighted by Gasteiger charge is -2.13. The van der Waals surface area contributed by atoms with Gasteiger partial charge in [-0.2, -0.15) is 0 Å². The third-order valence-electron chi connectivity index (χ3n) is 4.50. The molecule has 0 aliphatic carbocycles. The summed E-state index contributed by atoms with van der Waals surface area (Å²) in [6, 6.07) is 13.6. The van der Waals surface area contributed by atoms with Gasteiger partial charge in [0.2, 0.25) is 5.91 Å². The van der Waals surface area contributed by atoms with Crippen molar-refractivity contribution in [2.45, 2.75) is 12.8 Å². The highest BCUT2D eigenvalue weighted by Crippen LogP contribution is 2.08. The third kappa shape index (κ3) is 9.63. The first kappa shape index (κ1) is 27.3. The molecule has 0 aromatic heterocycles. The van der Waals surface area contributed by atoms with Crippen LogP contribution in [0.5, 0.6) is 0 Å². The molecule has 0 saturated carbocycles. The number of carbonyl (C=O) groups excluding carboxylic acids is 2. The number of halogens is 2. The molecule has 2 aromatic rings. The molecule has 2 amide bonds. The normalized spacial score (nSPS) is 10.7. The number of nitrogens with zero attached hydrogens (tertiary/aromatic N) is 2. The summed E-state index contributed by atoms with van der Waals surface area (Å²) < 4.78 is 13.2. The Kier molecular flexibility index (Phi) is 12.3. The standard InChI is InChI=1S/C23H30FN5O2.HI/c1-25-23(27-11-10-17-6-4-8-19(14-17)22(31)29(2)3)28-13-12-26-21(30)16-18-7-5-9-20(24)15-18;/h4-9,14-15H,10-13,16H2,1-3H3,(H,26,30)(H2,25,27,28);1H. The fraction of sp³-hybridized carbons (Fsp3) is 0.348. The molecule has 0 fully saturated rings. The molecule has 0 radical (unpaired) electrons. The van der Waals surface area contributed by atoms with Crippen LogP contribution < -0.4 is 16.0 Å². The molecule has 2 rings (SSSR count). The van der Waals surface area contributed by atoms with Gasteiger partial charge in [-0.25, -0.2) is 4.39 Å². The SMILES string of the molecule is CN=C(NCCNC(=O)Cc1cccc(F)c1)NCCc1cccc(C(=O)N(C)C)c1.I. The summed E-state index contributed by atoms with van der Waals surface area (Å²) in [5, 5.41) is 9.14. The van der Waals surface area contributed by atoms with Crippen LogP contribution in [0.25, 0.3) is 0 Å². The van der Waals surface area contributed by atoms with Gasteiger partial charge in [-0.1, -0.05) is 24.3 Å². The molecular formula is C23H31FIN5O2. The highest BCUT2D eigenvalue weighted by Gasteiger charge is 2.08. The molecule has 9 heteroatoms. The number of benzene rings is 2. The van der Waals surface area contributed by atoms with Gasteiger partial charge in [0.05, 0.1) is 6.42 Å². The van der Waals surface area contributed by atoms with Gasteiger partial charge in [-0.15, -0.1) is 24.0 Å². The molecule has 0 saturated heterocycles. The molecule has 0 bridgehead atoms. The third-order valence-corrected chi connectivity index (χ3v) is 4.50. The molecular weight excluding hydrogens is 524 g/mol. The molecule has 3 N–H and O–H groups in total. The smallest absolute Gasteiger partial charge is 0.253 e. The molecule has 0 unspecified atom stereocenters. The molecule has 0 spiro atoms. The van der Waals surface area contributed by atoms with E-state index in [9.17, 15) is 14.0 Å². The van der Waals surface area contributed by atoms with E-state index in [4.69, 9.17) is 0 Å². The minimum Gasteiger partial charge on any atom is -0.356 e. The maximum atomic E-state index is 13.2. The molecule has 2 aromatic carbocycles. The van der Waals surface area contributed by atoms with E-state index in [1.165, 1.54) is 12.1 Å². The van der Waals surface area contributed by atoms with E-state index >= 15 is 0 Å². The van der Waals surface area contributed by atoms with Crippen molar-refractivity contribution in [2.75, 3.05) is 40.8 Å². The topological polar surface area (TPSA) is 85.8 Å². The summed E-state index contributed by atoms with van der Waals surface area (Å²) in [7, 11) is 5.14. The van der Waals surface area contributed by atoms with Crippen LogP contribution in [-0.4, -0.2) is 63.5 Å². The molecule has 0 aliphatic rings. The van der Waals surface area contributed by atoms with Crippen molar-refractivity contribution in [3.63, 3.8) is 0 Å². The molecule has 7 nitrogen and oxygen atoms in total. The van der Waals surface area contributed by atoms with Crippen LogP contribution in [0.4, 0.5) is 4.39 Å². The number of rotatable bonds is 9. The Morgan fingerprint density at radius 2 is 1.59 bits per heavy atom. The zero-order valence-electron chi connectivity index (χ0n) is 18.7. The second-order valence-corrected chi connectivity index (χ2v) is 7.23. The fourth-order valence-electron chi connectivity index (χ4n) is 2.94. The number of aliphatic imine (C=N–C) groups is 1. The van der Waals surface area contributed by atoms with Gasteiger partial charge in [-0.3, -0.25) is 14.6 Å². The summed E-state index contributed by atoms with van der Waals surface area (Å²) in [4.78, 5) is 29.7. The van der Waals surface area contributed by atoms with Crippen molar-refractivity contribution in [2.24, 2.45) is 4.99 Å². The Morgan fingerprint density at radius 3 is 2.28 bits per heavy atom. The van der Waals surface area contributed by atoms with Gasteiger partial charge in [0, 0.05) is 46.3 Å². The Morgan fingerprint density at radius 1 is 0.938 bits per heavy atom. The van der Waals surface area contributed by atoms with Crippen LogP contribution in [0.3, 0.4) is 0 Å². The van der Waals surface area contributed by atoms with Crippen molar-refractivity contribution in [1.82, 2.24) is 20.9 Å². The lowest BCUT2D eigenvalue weighted by Crippen LogP contribution is -2.42. The van der Waals surface area contributed by atoms with E-state index < -0.39 is 0 Å². The summed E-state index contributed by atoms with van der Waals surface area (Å²) >= 11 is 0. The van der Waals surface area contributed by atoms with Gasteiger partial charge in [0.15, 0.2) is 5.96 Å². The monoisotopic (exact) mass is 555 g/mol. The zero-order valence-corrected chi connectivity index (χ0v) is 21.0. The maximum absolute atomic E-state index is 13.2. The fourth-order valence-corrected chi connectivity index (χ4v) is 2.94. The number of carbonyl (C=O) groups is 2. The lowest BCUT2D eigenvalue weighted by molar-refractivity contribution is -0.120. The van der Waals surface area contributed by atoms with Crippen LogP contribution in [0.2, 0.25) is 0 Å².